The van der Waals surface area contributed by atoms with Crippen LogP contribution >= 0.6 is 0 Å². The molecule has 2 aliphatic rings. The van der Waals surface area contributed by atoms with Crippen LogP contribution in [0.1, 0.15) is 33.2 Å². The lowest BCUT2D eigenvalue weighted by molar-refractivity contribution is -0.00860. The number of aromatic nitrogens is 5. The van der Waals surface area contributed by atoms with Gasteiger partial charge in [-0.2, -0.15) is 10.1 Å². The first-order valence-corrected chi connectivity index (χ1v) is 14.5. The van der Waals surface area contributed by atoms with E-state index in [0.29, 0.717) is 43.6 Å². The van der Waals surface area contributed by atoms with Gasteiger partial charge in [0, 0.05) is 56.3 Å². The van der Waals surface area contributed by atoms with E-state index in [2.05, 4.69) is 39.0 Å². The summed E-state index contributed by atoms with van der Waals surface area (Å²) in [6.07, 6.45) is 3.95. The Morgan fingerprint density at radius 1 is 1.24 bits per heavy atom. The molecule has 2 saturated heterocycles. The summed E-state index contributed by atoms with van der Waals surface area (Å²) in [5.41, 5.74) is -0.826. The first-order valence-electron chi connectivity index (χ1n) is 12.4. The van der Waals surface area contributed by atoms with Crippen LogP contribution in [-0.4, -0.2) is 88.2 Å². The molecule has 0 radical (unpaired) electrons. The van der Waals surface area contributed by atoms with Gasteiger partial charge in [-0.3, -0.25) is 4.68 Å². The second-order valence-corrected chi connectivity index (χ2v) is 12.9. The number of aliphatic hydroxyl groups is 1. The molecular formula is C24H33FN8O3S. The maximum Gasteiger partial charge on any atom is 0.227 e. The number of hydrogen-bond donors (Lipinski definition) is 2. The number of sulfone groups is 1. The van der Waals surface area contributed by atoms with E-state index in [1.807, 2.05) is 10.7 Å². The van der Waals surface area contributed by atoms with Crippen LogP contribution < -0.4 is 15.1 Å². The SMILES string of the molecule is CC(C)n1nc(N2CC(CS(C)(=O)=O)C2)c2cnc(Nc3ccnc(N4CC[C@@H](O)[C@@](C)(F)C4)n3)cc21. The molecule has 0 aliphatic carbocycles. The predicted molar refractivity (Wildman–Crippen MR) is 141 cm³/mol. The van der Waals surface area contributed by atoms with Crippen molar-refractivity contribution in [3.8, 4) is 0 Å². The average molecular weight is 533 g/mol. The van der Waals surface area contributed by atoms with Crippen LogP contribution in [0, 0.1) is 5.92 Å². The number of piperidine rings is 1. The lowest BCUT2D eigenvalue weighted by Crippen LogP contribution is -2.52. The summed E-state index contributed by atoms with van der Waals surface area (Å²) in [6.45, 7) is 7.27. The molecular weight excluding hydrogens is 499 g/mol. The molecule has 2 atom stereocenters. The normalized spacial score (nSPS) is 23.1. The third-order valence-corrected chi connectivity index (χ3v) is 7.98. The van der Waals surface area contributed by atoms with Crippen LogP contribution in [-0.2, 0) is 9.84 Å². The number of pyridine rings is 1. The predicted octanol–water partition coefficient (Wildman–Crippen LogP) is 2.33. The smallest absolute Gasteiger partial charge is 0.227 e. The molecule has 3 aromatic heterocycles. The Hall–Kier alpha value is -3.06. The van der Waals surface area contributed by atoms with Gasteiger partial charge in [0.1, 0.15) is 21.5 Å². The number of aliphatic hydroxyl groups excluding tert-OH is 1. The molecule has 0 saturated carbocycles. The fourth-order valence-corrected chi connectivity index (χ4v) is 6.06. The summed E-state index contributed by atoms with van der Waals surface area (Å²) in [7, 11) is -3.01. The topological polar surface area (TPSA) is 129 Å². The number of nitrogens with zero attached hydrogens (tertiary/aromatic N) is 7. The van der Waals surface area contributed by atoms with Crippen LogP contribution in [0.3, 0.4) is 0 Å². The maximum absolute atomic E-state index is 14.7. The number of hydrogen-bond acceptors (Lipinski definition) is 10. The fourth-order valence-electron chi connectivity index (χ4n) is 5.00. The van der Waals surface area contributed by atoms with E-state index in [0.717, 1.165) is 16.7 Å². The molecule has 0 spiro atoms. The Labute approximate surface area is 215 Å². The van der Waals surface area contributed by atoms with Crippen molar-refractivity contribution in [1.82, 2.24) is 24.7 Å². The van der Waals surface area contributed by atoms with Gasteiger partial charge >= 0.3 is 0 Å². The van der Waals surface area contributed by atoms with Gasteiger partial charge in [-0.25, -0.2) is 22.8 Å². The van der Waals surface area contributed by atoms with E-state index in [1.54, 1.807) is 23.4 Å². The minimum atomic E-state index is -3.01. The molecule has 2 fully saturated rings. The highest BCUT2D eigenvalue weighted by Gasteiger charge is 2.40. The van der Waals surface area contributed by atoms with Crippen molar-refractivity contribution < 1.29 is 17.9 Å². The monoisotopic (exact) mass is 532 g/mol. The summed E-state index contributed by atoms with van der Waals surface area (Å²) in [6, 6.07) is 3.74. The highest BCUT2D eigenvalue weighted by atomic mass is 32.2. The van der Waals surface area contributed by atoms with Crippen molar-refractivity contribution in [3.05, 3.63) is 24.5 Å². The average Bonchev–Trinajstić information content (AvgIpc) is 3.16. The van der Waals surface area contributed by atoms with Gasteiger partial charge in [0.15, 0.2) is 11.5 Å². The van der Waals surface area contributed by atoms with E-state index < -0.39 is 21.6 Å². The fraction of sp³-hybridized carbons (Fsp3) is 0.583. The quantitative estimate of drug-likeness (QED) is 0.468. The van der Waals surface area contributed by atoms with Gasteiger partial charge in [-0.05, 0) is 33.3 Å². The zero-order chi connectivity index (χ0) is 26.5. The van der Waals surface area contributed by atoms with Gasteiger partial charge in [-0.15, -0.1) is 0 Å². The number of alkyl halides is 1. The van der Waals surface area contributed by atoms with Gasteiger partial charge in [0.25, 0.3) is 0 Å². The Bertz CT molecular complexity index is 1400. The zero-order valence-electron chi connectivity index (χ0n) is 21.5. The van der Waals surface area contributed by atoms with E-state index in [1.165, 1.54) is 13.2 Å². The van der Waals surface area contributed by atoms with Crippen LogP contribution in [0.15, 0.2) is 24.5 Å². The highest BCUT2D eigenvalue weighted by Crippen LogP contribution is 2.34. The molecule has 0 unspecified atom stereocenters. The highest BCUT2D eigenvalue weighted by molar-refractivity contribution is 7.90. The standard InChI is InChI=1S/C24H33FN8O3S/c1-15(2)33-18-9-21(27-10-17(18)22(30-33)32-11-16(12-32)13-37(4,35)36)28-20-5-7-26-23(29-20)31-8-6-19(34)24(3,25)14-31/h5,7,9-10,15-16,19,34H,6,8,11-14H2,1-4H3,(H,26,27,28,29)/t19-,24+/m1/s1. The van der Waals surface area contributed by atoms with Crippen LogP contribution in [0.5, 0.6) is 0 Å². The van der Waals surface area contributed by atoms with Crippen LogP contribution in [0.4, 0.5) is 27.8 Å². The first-order chi connectivity index (χ1) is 17.4. The Morgan fingerprint density at radius 3 is 2.68 bits per heavy atom. The van der Waals surface area contributed by atoms with Crippen molar-refractivity contribution in [2.75, 3.05) is 53.3 Å². The number of rotatable bonds is 7. The molecule has 2 N–H and O–H groups in total. The zero-order valence-corrected chi connectivity index (χ0v) is 22.3. The molecule has 0 bridgehead atoms. The van der Waals surface area contributed by atoms with Crippen molar-refractivity contribution in [2.24, 2.45) is 5.92 Å². The molecule has 11 nitrogen and oxygen atoms in total. The molecule has 0 amide bonds. The summed E-state index contributed by atoms with van der Waals surface area (Å²) < 4.78 is 39.9. The Kier molecular flexibility index (Phi) is 6.47. The molecule has 2 aliphatic heterocycles. The summed E-state index contributed by atoms with van der Waals surface area (Å²) in [5.74, 6) is 2.58. The minimum Gasteiger partial charge on any atom is -0.390 e. The summed E-state index contributed by atoms with van der Waals surface area (Å²) in [4.78, 5) is 17.3. The molecule has 37 heavy (non-hydrogen) atoms. The summed E-state index contributed by atoms with van der Waals surface area (Å²) >= 11 is 0. The third kappa shape index (κ3) is 5.33. The molecule has 200 valence electrons. The van der Waals surface area contributed by atoms with Crippen LogP contribution in [0.25, 0.3) is 10.9 Å². The Balaban J connectivity index is 1.36. The first kappa shape index (κ1) is 25.6. The lowest BCUT2D eigenvalue weighted by Gasteiger charge is -2.39. The number of halogens is 1. The van der Waals surface area contributed by atoms with E-state index >= 15 is 0 Å². The molecule has 13 heteroatoms. The molecule has 5 rings (SSSR count). The van der Waals surface area contributed by atoms with Gasteiger partial charge in [0.2, 0.25) is 5.95 Å². The van der Waals surface area contributed by atoms with Gasteiger partial charge in [-0.1, -0.05) is 0 Å². The van der Waals surface area contributed by atoms with E-state index in [4.69, 9.17) is 5.10 Å². The van der Waals surface area contributed by atoms with Crippen LogP contribution in [0.2, 0.25) is 0 Å². The van der Waals surface area contributed by atoms with Crippen molar-refractivity contribution in [1.29, 1.82) is 0 Å². The second-order valence-electron chi connectivity index (χ2n) is 10.7. The second kappa shape index (κ2) is 9.35. The van der Waals surface area contributed by atoms with Crippen molar-refractivity contribution in [3.63, 3.8) is 0 Å². The Morgan fingerprint density at radius 2 is 2.00 bits per heavy atom. The minimum absolute atomic E-state index is 0.0136. The number of anilines is 4. The lowest BCUT2D eigenvalue weighted by atomic mass is 9.94. The third-order valence-electron chi connectivity index (χ3n) is 6.91. The van der Waals surface area contributed by atoms with Gasteiger partial charge in [0.05, 0.1) is 29.3 Å². The van der Waals surface area contributed by atoms with Crippen molar-refractivity contribution in [2.45, 2.75) is 45.0 Å². The van der Waals surface area contributed by atoms with E-state index in [9.17, 15) is 17.9 Å². The molecule has 3 aromatic rings. The van der Waals surface area contributed by atoms with Gasteiger partial charge < -0.3 is 20.2 Å². The largest absolute Gasteiger partial charge is 0.390 e. The van der Waals surface area contributed by atoms with E-state index in [-0.39, 0.29) is 24.3 Å². The molecule has 5 heterocycles. The van der Waals surface area contributed by atoms with Crippen molar-refractivity contribution >= 4 is 44.1 Å². The summed E-state index contributed by atoms with van der Waals surface area (Å²) in [5, 5.41) is 18.9. The maximum atomic E-state index is 14.7. The number of nitrogens with one attached hydrogen (secondary N) is 1. The molecule has 0 aromatic carbocycles. The number of fused-ring (bicyclic) bond motifs is 1.